The highest BCUT2D eigenvalue weighted by Gasteiger charge is 2.41. The van der Waals surface area contributed by atoms with E-state index in [1.165, 1.54) is 6.07 Å². The van der Waals surface area contributed by atoms with Gasteiger partial charge in [-0.05, 0) is 70.4 Å². The lowest BCUT2D eigenvalue weighted by atomic mass is 9.87. The molecule has 0 spiro atoms. The van der Waals surface area contributed by atoms with Crippen molar-refractivity contribution in [3.05, 3.63) is 47.3 Å². The van der Waals surface area contributed by atoms with Crippen LogP contribution in [0, 0.1) is 6.92 Å². The Labute approximate surface area is 239 Å². The number of alkyl halides is 3. The fourth-order valence-electron chi connectivity index (χ4n) is 5.24. The minimum atomic E-state index is -4.44. The molecule has 11 heteroatoms. The molecule has 1 aliphatic heterocycles. The number of hydrogen-bond donors (Lipinski definition) is 0. The Morgan fingerprint density at radius 2 is 1.75 bits per heavy atom. The zero-order chi connectivity index (χ0) is 29.4. The molecular formula is C29H41F3N4O3S. The van der Waals surface area contributed by atoms with Crippen LogP contribution >= 0.6 is 11.8 Å². The van der Waals surface area contributed by atoms with Gasteiger partial charge in [-0.3, -0.25) is 0 Å². The molecule has 3 rings (SSSR count). The number of nitrogens with zero attached hydrogens (tertiary/aromatic N) is 4. The molecular weight excluding hydrogens is 541 g/mol. The molecule has 0 aliphatic carbocycles. The van der Waals surface area contributed by atoms with Crippen LogP contribution in [0.15, 0.2) is 30.6 Å². The monoisotopic (exact) mass is 582 g/mol. The van der Waals surface area contributed by atoms with Crippen LogP contribution in [0.25, 0.3) is 0 Å². The van der Waals surface area contributed by atoms with Gasteiger partial charge in [-0.1, -0.05) is 25.5 Å². The maximum atomic E-state index is 13.6. The van der Waals surface area contributed by atoms with Gasteiger partial charge in [0.05, 0.1) is 30.7 Å². The van der Waals surface area contributed by atoms with E-state index in [2.05, 4.69) is 9.97 Å². The number of likely N-dealkylation sites (tertiary alicyclic amines) is 1. The molecule has 40 heavy (non-hydrogen) atoms. The van der Waals surface area contributed by atoms with Crippen LogP contribution in [-0.2, 0) is 17.5 Å². The Morgan fingerprint density at radius 3 is 2.27 bits per heavy atom. The van der Waals surface area contributed by atoms with E-state index in [4.69, 9.17) is 9.47 Å². The standard InChI is InChI=1S/C29H41F3N4O3S/c1-7-23-14-25(15-24(8-2)36(23)28(37)39-19(3)4)35(27-33-16-26(17-34-27)38-9-10-40-6)18-21-11-20(5)12-22(13-21)29(30,31)32/h11-13,16-17,19,23-25H,7-10,14-15,18H2,1-6H3/t23-,24+,25+. The third-order valence-corrected chi connectivity index (χ3v) is 7.63. The van der Waals surface area contributed by atoms with E-state index in [9.17, 15) is 18.0 Å². The molecule has 0 radical (unpaired) electrons. The molecule has 1 aromatic carbocycles. The number of piperidine rings is 1. The van der Waals surface area contributed by atoms with Crippen LogP contribution < -0.4 is 9.64 Å². The molecule has 3 atom stereocenters. The van der Waals surface area contributed by atoms with Crippen molar-refractivity contribution in [1.82, 2.24) is 14.9 Å². The molecule has 1 amide bonds. The van der Waals surface area contributed by atoms with Crippen molar-refractivity contribution in [2.75, 3.05) is 23.5 Å². The number of benzene rings is 1. The predicted molar refractivity (Wildman–Crippen MR) is 153 cm³/mol. The van der Waals surface area contributed by atoms with E-state index in [0.29, 0.717) is 42.3 Å². The Balaban J connectivity index is 1.97. The first kappa shape index (κ1) is 31.8. The summed E-state index contributed by atoms with van der Waals surface area (Å²) in [5.74, 6) is 1.79. The maximum absolute atomic E-state index is 13.6. The quantitative estimate of drug-likeness (QED) is 0.261. The molecule has 0 unspecified atom stereocenters. The maximum Gasteiger partial charge on any atom is 0.416 e. The normalized spacial score (nSPS) is 19.6. The molecule has 222 valence electrons. The van der Waals surface area contributed by atoms with Crippen LogP contribution in [0.5, 0.6) is 5.75 Å². The molecule has 1 saturated heterocycles. The smallest absolute Gasteiger partial charge is 0.416 e. The second kappa shape index (κ2) is 14.3. The fourth-order valence-corrected chi connectivity index (χ4v) is 5.49. The highest BCUT2D eigenvalue weighted by molar-refractivity contribution is 7.98. The van der Waals surface area contributed by atoms with Crippen LogP contribution in [0.4, 0.5) is 23.9 Å². The lowest BCUT2D eigenvalue weighted by Gasteiger charge is -2.47. The number of halogens is 3. The number of carbonyl (C=O) groups is 1. The summed E-state index contributed by atoms with van der Waals surface area (Å²) in [7, 11) is 0. The number of hydrogen-bond acceptors (Lipinski definition) is 7. The average molecular weight is 583 g/mol. The Hall–Kier alpha value is -2.69. The van der Waals surface area contributed by atoms with Gasteiger partial charge in [0, 0.05) is 30.4 Å². The Kier molecular flexibility index (Phi) is 11.4. The van der Waals surface area contributed by atoms with Crippen LogP contribution in [-0.4, -0.2) is 63.8 Å². The summed E-state index contributed by atoms with van der Waals surface area (Å²) in [5.41, 5.74) is 0.386. The summed E-state index contributed by atoms with van der Waals surface area (Å²) in [6, 6.07) is 3.85. The summed E-state index contributed by atoms with van der Waals surface area (Å²) >= 11 is 1.67. The van der Waals surface area contributed by atoms with Gasteiger partial charge in [-0.15, -0.1) is 0 Å². The van der Waals surface area contributed by atoms with Crippen LogP contribution in [0.1, 0.15) is 70.1 Å². The summed E-state index contributed by atoms with van der Waals surface area (Å²) in [5, 5.41) is 0. The van der Waals surface area contributed by atoms with Crippen molar-refractivity contribution >= 4 is 23.8 Å². The van der Waals surface area contributed by atoms with Crippen molar-refractivity contribution in [2.24, 2.45) is 0 Å². The number of carbonyl (C=O) groups excluding carboxylic acids is 1. The Bertz CT molecular complexity index is 1090. The zero-order valence-corrected chi connectivity index (χ0v) is 25.0. The number of anilines is 1. The van der Waals surface area contributed by atoms with Gasteiger partial charge in [-0.2, -0.15) is 24.9 Å². The van der Waals surface area contributed by atoms with Crippen LogP contribution in [0.2, 0.25) is 0 Å². The SMILES string of the molecule is CC[C@@H]1C[C@H](N(Cc2cc(C)cc(C(F)(F)F)c2)c2ncc(OCCSC)cn2)C[C@H](CC)N1C(=O)OC(C)C. The highest BCUT2D eigenvalue weighted by Crippen LogP contribution is 2.35. The van der Waals surface area contributed by atoms with Gasteiger partial charge < -0.3 is 19.3 Å². The largest absolute Gasteiger partial charge is 0.489 e. The van der Waals surface area contributed by atoms with Gasteiger partial charge in [0.25, 0.3) is 0 Å². The first-order valence-electron chi connectivity index (χ1n) is 13.8. The molecule has 1 fully saturated rings. The van der Waals surface area contributed by atoms with E-state index < -0.39 is 11.7 Å². The second-order valence-corrected chi connectivity index (χ2v) is 11.5. The molecule has 0 saturated carbocycles. The summed E-state index contributed by atoms with van der Waals surface area (Å²) in [6.07, 6.45) is 2.90. The molecule has 0 bridgehead atoms. The number of aryl methyl sites for hydroxylation is 1. The predicted octanol–water partition coefficient (Wildman–Crippen LogP) is 7.12. The van der Waals surface area contributed by atoms with Crippen molar-refractivity contribution in [3.63, 3.8) is 0 Å². The molecule has 7 nitrogen and oxygen atoms in total. The summed E-state index contributed by atoms with van der Waals surface area (Å²) < 4.78 is 52.2. The lowest BCUT2D eigenvalue weighted by molar-refractivity contribution is -0.137. The van der Waals surface area contributed by atoms with Gasteiger partial charge in [0.2, 0.25) is 5.95 Å². The van der Waals surface area contributed by atoms with Crippen LogP contribution in [0.3, 0.4) is 0 Å². The topological polar surface area (TPSA) is 67.8 Å². The van der Waals surface area contributed by atoms with E-state index >= 15 is 0 Å². The number of thioether (sulfide) groups is 1. The number of amides is 1. The second-order valence-electron chi connectivity index (χ2n) is 10.5. The minimum absolute atomic E-state index is 0.0881. The molecule has 1 aromatic heterocycles. The highest BCUT2D eigenvalue weighted by atomic mass is 32.2. The van der Waals surface area contributed by atoms with E-state index in [-0.39, 0.29) is 36.9 Å². The third kappa shape index (κ3) is 8.41. The summed E-state index contributed by atoms with van der Waals surface area (Å²) in [4.78, 5) is 26.0. The van der Waals surface area contributed by atoms with Crippen molar-refractivity contribution in [2.45, 2.75) is 97.3 Å². The van der Waals surface area contributed by atoms with E-state index in [1.807, 2.05) is 43.8 Å². The molecule has 2 aromatic rings. The molecule has 2 heterocycles. The van der Waals surface area contributed by atoms with Crippen molar-refractivity contribution < 1.29 is 27.4 Å². The average Bonchev–Trinajstić information content (AvgIpc) is 2.90. The molecule has 0 N–H and O–H groups in total. The minimum Gasteiger partial charge on any atom is -0.489 e. The first-order chi connectivity index (χ1) is 19.0. The molecule has 1 aliphatic rings. The number of aromatic nitrogens is 2. The third-order valence-electron chi connectivity index (χ3n) is 7.05. The number of ether oxygens (including phenoxy) is 2. The first-order valence-corrected chi connectivity index (χ1v) is 15.2. The fraction of sp³-hybridized carbons (Fsp3) is 0.621. The van der Waals surface area contributed by atoms with Crippen molar-refractivity contribution in [3.8, 4) is 5.75 Å². The Morgan fingerprint density at radius 1 is 1.12 bits per heavy atom. The van der Waals surface area contributed by atoms with Gasteiger partial charge in [0.1, 0.15) is 0 Å². The zero-order valence-electron chi connectivity index (χ0n) is 24.2. The lowest BCUT2D eigenvalue weighted by Crippen LogP contribution is -2.57. The van der Waals surface area contributed by atoms with E-state index in [1.54, 1.807) is 37.1 Å². The number of rotatable bonds is 11. The van der Waals surface area contributed by atoms with Gasteiger partial charge in [-0.25, -0.2) is 14.8 Å². The summed E-state index contributed by atoms with van der Waals surface area (Å²) in [6.45, 7) is 10.1. The van der Waals surface area contributed by atoms with Gasteiger partial charge in [0.15, 0.2) is 5.75 Å². The van der Waals surface area contributed by atoms with E-state index in [0.717, 1.165) is 24.7 Å². The van der Waals surface area contributed by atoms with Gasteiger partial charge >= 0.3 is 12.3 Å². The van der Waals surface area contributed by atoms with Crippen molar-refractivity contribution in [1.29, 1.82) is 0 Å².